The van der Waals surface area contributed by atoms with E-state index in [2.05, 4.69) is 0 Å². The van der Waals surface area contributed by atoms with E-state index < -0.39 is 5.67 Å². The average Bonchev–Trinajstić information content (AvgIpc) is 2.49. The van der Waals surface area contributed by atoms with E-state index in [9.17, 15) is 4.39 Å². The van der Waals surface area contributed by atoms with Crippen molar-refractivity contribution < 1.29 is 13.7 Å². The van der Waals surface area contributed by atoms with E-state index in [0.717, 1.165) is 11.9 Å². The van der Waals surface area contributed by atoms with Crippen LogP contribution in [-0.4, -0.2) is 24.0 Å². The Balaban J connectivity index is 2.09. The lowest BCUT2D eigenvalue weighted by Gasteiger charge is -2.32. The fourth-order valence-corrected chi connectivity index (χ4v) is 2.59. The van der Waals surface area contributed by atoms with Gasteiger partial charge >= 0.3 is 7.12 Å². The van der Waals surface area contributed by atoms with Crippen LogP contribution in [0.25, 0.3) is 0 Å². The third-order valence-corrected chi connectivity index (χ3v) is 5.12. The molecule has 108 valence electrons. The van der Waals surface area contributed by atoms with Crippen molar-refractivity contribution in [2.24, 2.45) is 5.92 Å². The summed E-state index contributed by atoms with van der Waals surface area (Å²) in [5.74, 6) is 0.0589. The van der Waals surface area contributed by atoms with E-state index >= 15 is 0 Å². The molecule has 19 heavy (non-hydrogen) atoms. The first-order valence-corrected chi connectivity index (χ1v) is 7.31. The highest BCUT2D eigenvalue weighted by molar-refractivity contribution is 6.54. The van der Waals surface area contributed by atoms with Gasteiger partial charge in [0.1, 0.15) is 5.67 Å². The lowest BCUT2D eigenvalue weighted by atomic mass is 9.68. The highest BCUT2D eigenvalue weighted by atomic mass is 19.1. The number of allylic oxidation sites excluding steroid dienone is 2. The van der Waals surface area contributed by atoms with E-state index in [1.54, 1.807) is 0 Å². The van der Waals surface area contributed by atoms with Crippen molar-refractivity contribution in [3.05, 3.63) is 11.5 Å². The molecule has 1 aliphatic heterocycles. The SMILES string of the molecule is CC(C)C1(F)CC=C(B2OC(C)(C)C(C)(C)O2)CC1. The van der Waals surface area contributed by atoms with Gasteiger partial charge in [0.25, 0.3) is 0 Å². The zero-order chi connectivity index (χ0) is 14.5. The minimum absolute atomic E-state index is 0.0589. The van der Waals surface area contributed by atoms with Crippen molar-refractivity contribution in [1.29, 1.82) is 0 Å². The second-order valence-corrected chi connectivity index (χ2v) is 7.26. The molecule has 1 heterocycles. The van der Waals surface area contributed by atoms with Gasteiger partial charge in [0.2, 0.25) is 0 Å². The average molecular weight is 268 g/mol. The third-order valence-electron chi connectivity index (χ3n) is 5.12. The summed E-state index contributed by atoms with van der Waals surface area (Å²) in [5.41, 5.74) is -0.595. The molecule has 0 aromatic rings. The van der Waals surface area contributed by atoms with Gasteiger partial charge in [-0.15, -0.1) is 0 Å². The van der Waals surface area contributed by atoms with Crippen molar-refractivity contribution in [2.45, 2.75) is 77.7 Å². The molecule has 0 saturated carbocycles. The van der Waals surface area contributed by atoms with Crippen LogP contribution in [0.1, 0.15) is 60.8 Å². The summed E-state index contributed by atoms with van der Waals surface area (Å²) in [4.78, 5) is 0. The van der Waals surface area contributed by atoms with E-state index in [0.29, 0.717) is 12.8 Å². The van der Waals surface area contributed by atoms with Gasteiger partial charge in [0, 0.05) is 0 Å². The van der Waals surface area contributed by atoms with E-state index in [1.165, 1.54) is 0 Å². The predicted octanol–water partition coefficient (Wildman–Crippen LogP) is 4.09. The molecule has 4 heteroatoms. The van der Waals surface area contributed by atoms with Crippen LogP contribution in [0.2, 0.25) is 0 Å². The van der Waals surface area contributed by atoms with Gasteiger partial charge < -0.3 is 9.31 Å². The summed E-state index contributed by atoms with van der Waals surface area (Å²) in [6, 6.07) is 0. The van der Waals surface area contributed by atoms with E-state index in [1.807, 2.05) is 47.6 Å². The highest BCUT2D eigenvalue weighted by Crippen LogP contribution is 2.43. The van der Waals surface area contributed by atoms with Crippen LogP contribution in [0.3, 0.4) is 0 Å². The largest absolute Gasteiger partial charge is 0.490 e. The van der Waals surface area contributed by atoms with E-state index in [4.69, 9.17) is 9.31 Å². The number of alkyl halides is 1. The van der Waals surface area contributed by atoms with Crippen LogP contribution in [0, 0.1) is 5.92 Å². The van der Waals surface area contributed by atoms with Crippen LogP contribution in [0.15, 0.2) is 11.5 Å². The summed E-state index contributed by atoms with van der Waals surface area (Å²) in [5, 5.41) is 0. The maximum absolute atomic E-state index is 14.5. The lowest BCUT2D eigenvalue weighted by molar-refractivity contribution is 0.00578. The van der Waals surface area contributed by atoms with Gasteiger partial charge in [-0.2, -0.15) is 0 Å². The minimum atomic E-state index is -1.06. The third kappa shape index (κ3) is 2.62. The molecular weight excluding hydrogens is 242 g/mol. The zero-order valence-corrected chi connectivity index (χ0v) is 13.0. The molecule has 2 nitrogen and oxygen atoms in total. The summed E-state index contributed by atoms with van der Waals surface area (Å²) in [6.45, 7) is 12.1. The van der Waals surface area contributed by atoms with Crippen LogP contribution in [0.4, 0.5) is 4.39 Å². The van der Waals surface area contributed by atoms with Crippen molar-refractivity contribution in [1.82, 2.24) is 0 Å². The quantitative estimate of drug-likeness (QED) is 0.702. The first kappa shape index (κ1) is 15.1. The summed E-state index contributed by atoms with van der Waals surface area (Å²) < 4.78 is 26.6. The molecule has 1 unspecified atom stereocenters. The van der Waals surface area contributed by atoms with Gasteiger partial charge in [0.05, 0.1) is 11.2 Å². The first-order chi connectivity index (χ1) is 8.57. The fraction of sp³-hybridized carbons (Fsp3) is 0.867. The monoisotopic (exact) mass is 268 g/mol. The molecule has 1 aliphatic carbocycles. The molecule has 1 saturated heterocycles. The molecule has 0 spiro atoms. The normalized spacial score (nSPS) is 33.7. The highest BCUT2D eigenvalue weighted by Gasteiger charge is 2.53. The van der Waals surface area contributed by atoms with Crippen LogP contribution in [0.5, 0.6) is 0 Å². The molecule has 0 radical (unpaired) electrons. The fourth-order valence-electron chi connectivity index (χ4n) is 2.59. The van der Waals surface area contributed by atoms with Gasteiger partial charge in [-0.25, -0.2) is 4.39 Å². The zero-order valence-electron chi connectivity index (χ0n) is 13.0. The Morgan fingerprint density at radius 2 is 1.68 bits per heavy atom. The molecule has 0 bridgehead atoms. The van der Waals surface area contributed by atoms with Gasteiger partial charge in [0.15, 0.2) is 0 Å². The Labute approximate surface area is 116 Å². The maximum atomic E-state index is 14.5. The van der Waals surface area contributed by atoms with Crippen molar-refractivity contribution in [2.75, 3.05) is 0 Å². The molecule has 2 rings (SSSR count). The maximum Gasteiger partial charge on any atom is 0.490 e. The van der Waals surface area contributed by atoms with E-state index in [-0.39, 0.29) is 24.2 Å². The summed E-state index contributed by atoms with van der Waals surface area (Å²) in [7, 11) is -0.304. The molecule has 0 aromatic heterocycles. The summed E-state index contributed by atoms with van der Waals surface area (Å²) in [6.07, 6.45) is 3.77. The molecule has 0 aromatic carbocycles. The number of halogens is 1. The standard InChI is InChI=1S/C15H26BFO2/c1-11(2)15(17)9-7-12(8-10-15)16-18-13(3,4)14(5,6)19-16/h7,11H,8-10H2,1-6H3. The lowest BCUT2D eigenvalue weighted by Crippen LogP contribution is -2.41. The molecule has 0 amide bonds. The Morgan fingerprint density at radius 1 is 1.16 bits per heavy atom. The molecule has 2 aliphatic rings. The Morgan fingerprint density at radius 3 is 2.05 bits per heavy atom. The van der Waals surface area contributed by atoms with Crippen LogP contribution < -0.4 is 0 Å². The van der Waals surface area contributed by atoms with Crippen molar-refractivity contribution in [3.63, 3.8) is 0 Å². The first-order valence-electron chi connectivity index (χ1n) is 7.31. The summed E-state index contributed by atoms with van der Waals surface area (Å²) >= 11 is 0. The second kappa shape index (κ2) is 4.59. The molecule has 1 fully saturated rings. The van der Waals surface area contributed by atoms with Crippen LogP contribution >= 0.6 is 0 Å². The van der Waals surface area contributed by atoms with Gasteiger partial charge in [-0.3, -0.25) is 0 Å². The molecule has 0 N–H and O–H groups in total. The topological polar surface area (TPSA) is 18.5 Å². The molecular formula is C15H26BFO2. The van der Waals surface area contributed by atoms with Gasteiger partial charge in [-0.1, -0.05) is 19.9 Å². The number of hydrogen-bond donors (Lipinski definition) is 0. The Bertz CT molecular complexity index is 374. The predicted molar refractivity (Wildman–Crippen MR) is 76.7 cm³/mol. The van der Waals surface area contributed by atoms with Crippen molar-refractivity contribution >= 4 is 7.12 Å². The smallest absolute Gasteiger partial charge is 0.400 e. The van der Waals surface area contributed by atoms with Gasteiger partial charge in [-0.05, 0) is 58.3 Å². The second-order valence-electron chi connectivity index (χ2n) is 7.26. The number of rotatable bonds is 2. The molecule has 1 atom stereocenters. The Hall–Kier alpha value is -0.345. The minimum Gasteiger partial charge on any atom is -0.400 e. The number of hydrogen-bond acceptors (Lipinski definition) is 2. The van der Waals surface area contributed by atoms with Crippen molar-refractivity contribution in [3.8, 4) is 0 Å². The van der Waals surface area contributed by atoms with Crippen LogP contribution in [-0.2, 0) is 9.31 Å². The Kier molecular flexibility index (Phi) is 3.64.